The van der Waals surface area contributed by atoms with Crippen LogP contribution in [0.25, 0.3) is 10.9 Å². The van der Waals surface area contributed by atoms with Gasteiger partial charge in [0.05, 0.1) is 5.02 Å². The summed E-state index contributed by atoms with van der Waals surface area (Å²) >= 11 is 6.02. The average molecular weight is 208 g/mol. The van der Waals surface area contributed by atoms with Crippen LogP contribution in [0.4, 0.5) is 0 Å². The molecule has 0 atom stereocenters. The van der Waals surface area contributed by atoms with Crippen LogP contribution in [0.2, 0.25) is 5.02 Å². The molecule has 3 heteroatoms. The van der Waals surface area contributed by atoms with Gasteiger partial charge in [0.1, 0.15) is 0 Å². The third-order valence-electron chi connectivity index (χ3n) is 2.35. The maximum atomic E-state index is 11.2. The van der Waals surface area contributed by atoms with Gasteiger partial charge in [-0.3, -0.25) is 4.79 Å². The van der Waals surface area contributed by atoms with Crippen LogP contribution in [0.3, 0.4) is 0 Å². The van der Waals surface area contributed by atoms with Crippen molar-refractivity contribution in [3.63, 3.8) is 0 Å². The molecule has 0 saturated heterocycles. The number of Topliss-reactive ketones (excluding diaryl/α,β-unsaturated/α-hetero) is 1. The molecule has 2 rings (SSSR count). The van der Waals surface area contributed by atoms with Crippen molar-refractivity contribution < 1.29 is 4.79 Å². The Morgan fingerprint density at radius 2 is 2.14 bits per heavy atom. The number of carbonyl (C=O) groups excluding carboxylic acids is 1. The molecular formula is C11H10ClNO. The van der Waals surface area contributed by atoms with E-state index in [1.807, 2.05) is 36.0 Å². The fourth-order valence-electron chi connectivity index (χ4n) is 1.56. The van der Waals surface area contributed by atoms with Gasteiger partial charge in [-0.2, -0.15) is 0 Å². The van der Waals surface area contributed by atoms with E-state index in [1.165, 1.54) is 0 Å². The summed E-state index contributed by atoms with van der Waals surface area (Å²) in [5, 5.41) is 1.62. The minimum atomic E-state index is 0.0619. The lowest BCUT2D eigenvalue weighted by molar-refractivity contribution is 0.101. The SMILES string of the molecule is CC(=O)c1ccc2c(c1)c(Cl)cn2C. The van der Waals surface area contributed by atoms with Crippen molar-refractivity contribution in [3.05, 3.63) is 35.0 Å². The Labute approximate surface area is 87.1 Å². The van der Waals surface area contributed by atoms with Crippen molar-refractivity contribution >= 4 is 28.3 Å². The molecule has 1 aromatic heterocycles. The van der Waals surface area contributed by atoms with E-state index < -0.39 is 0 Å². The van der Waals surface area contributed by atoms with E-state index in [0.29, 0.717) is 10.6 Å². The molecule has 0 amide bonds. The van der Waals surface area contributed by atoms with Gasteiger partial charge in [0.15, 0.2) is 5.78 Å². The summed E-state index contributed by atoms with van der Waals surface area (Å²) in [5.74, 6) is 0.0619. The first-order valence-corrected chi connectivity index (χ1v) is 4.73. The Kier molecular flexibility index (Phi) is 2.08. The van der Waals surface area contributed by atoms with Gasteiger partial charge in [0.25, 0.3) is 0 Å². The van der Waals surface area contributed by atoms with E-state index in [9.17, 15) is 4.79 Å². The second-order valence-electron chi connectivity index (χ2n) is 3.38. The molecule has 0 aliphatic carbocycles. The normalized spacial score (nSPS) is 10.8. The van der Waals surface area contributed by atoms with Crippen molar-refractivity contribution in [1.29, 1.82) is 0 Å². The van der Waals surface area contributed by atoms with E-state index in [0.717, 1.165) is 10.9 Å². The highest BCUT2D eigenvalue weighted by Crippen LogP contribution is 2.25. The quantitative estimate of drug-likeness (QED) is 0.659. The number of ketones is 1. The van der Waals surface area contributed by atoms with Crippen LogP contribution in [-0.2, 0) is 7.05 Å². The van der Waals surface area contributed by atoms with Gasteiger partial charge < -0.3 is 4.57 Å². The van der Waals surface area contributed by atoms with E-state index in [4.69, 9.17) is 11.6 Å². The number of hydrogen-bond donors (Lipinski definition) is 0. The molecular weight excluding hydrogens is 198 g/mol. The molecule has 0 saturated carbocycles. The number of rotatable bonds is 1. The average Bonchev–Trinajstić information content (AvgIpc) is 2.42. The van der Waals surface area contributed by atoms with Gasteiger partial charge in [0.2, 0.25) is 0 Å². The standard InChI is InChI=1S/C11H10ClNO/c1-7(14)8-3-4-11-9(5-8)10(12)6-13(11)2/h3-6H,1-2H3. The predicted molar refractivity (Wildman–Crippen MR) is 57.9 cm³/mol. The Morgan fingerprint density at radius 3 is 2.79 bits per heavy atom. The zero-order chi connectivity index (χ0) is 10.3. The zero-order valence-corrected chi connectivity index (χ0v) is 8.80. The molecule has 1 heterocycles. The number of hydrogen-bond acceptors (Lipinski definition) is 1. The monoisotopic (exact) mass is 207 g/mol. The van der Waals surface area contributed by atoms with Crippen LogP contribution in [0, 0.1) is 0 Å². The van der Waals surface area contributed by atoms with Crippen LogP contribution >= 0.6 is 11.6 Å². The molecule has 72 valence electrons. The fraction of sp³-hybridized carbons (Fsp3) is 0.182. The van der Waals surface area contributed by atoms with Crippen molar-refractivity contribution in [2.45, 2.75) is 6.92 Å². The maximum Gasteiger partial charge on any atom is 0.159 e. The lowest BCUT2D eigenvalue weighted by Crippen LogP contribution is -1.91. The summed E-state index contributed by atoms with van der Waals surface area (Å²) in [5.41, 5.74) is 1.74. The van der Waals surface area contributed by atoms with E-state index >= 15 is 0 Å². The Morgan fingerprint density at radius 1 is 1.43 bits per heavy atom. The number of aryl methyl sites for hydroxylation is 1. The molecule has 0 radical (unpaired) electrons. The Balaban J connectivity index is 2.77. The lowest BCUT2D eigenvalue weighted by Gasteiger charge is -1.98. The highest BCUT2D eigenvalue weighted by molar-refractivity contribution is 6.35. The molecule has 0 aliphatic rings. The largest absolute Gasteiger partial charge is 0.349 e. The van der Waals surface area contributed by atoms with Crippen LogP contribution in [0.5, 0.6) is 0 Å². The second-order valence-corrected chi connectivity index (χ2v) is 3.78. The van der Waals surface area contributed by atoms with Gasteiger partial charge in [0, 0.05) is 29.7 Å². The van der Waals surface area contributed by atoms with Gasteiger partial charge >= 0.3 is 0 Å². The Bertz CT molecular complexity index is 513. The maximum absolute atomic E-state index is 11.2. The summed E-state index contributed by atoms with van der Waals surface area (Å²) in [6, 6.07) is 5.57. The number of fused-ring (bicyclic) bond motifs is 1. The van der Waals surface area contributed by atoms with Crippen molar-refractivity contribution in [1.82, 2.24) is 4.57 Å². The molecule has 0 unspecified atom stereocenters. The van der Waals surface area contributed by atoms with Crippen molar-refractivity contribution in [3.8, 4) is 0 Å². The molecule has 14 heavy (non-hydrogen) atoms. The van der Waals surface area contributed by atoms with Gasteiger partial charge in [-0.1, -0.05) is 11.6 Å². The molecule has 0 spiro atoms. The summed E-state index contributed by atoms with van der Waals surface area (Å²) < 4.78 is 1.95. The van der Waals surface area contributed by atoms with Gasteiger partial charge in [-0.05, 0) is 25.1 Å². The molecule has 0 fully saturated rings. The fourth-order valence-corrected chi connectivity index (χ4v) is 1.86. The molecule has 0 bridgehead atoms. The number of aromatic nitrogens is 1. The highest BCUT2D eigenvalue weighted by atomic mass is 35.5. The van der Waals surface area contributed by atoms with Gasteiger partial charge in [-0.25, -0.2) is 0 Å². The summed E-state index contributed by atoms with van der Waals surface area (Å²) in [6.07, 6.45) is 1.84. The first-order chi connectivity index (χ1) is 6.59. The first-order valence-electron chi connectivity index (χ1n) is 4.35. The smallest absolute Gasteiger partial charge is 0.159 e. The highest BCUT2D eigenvalue weighted by Gasteiger charge is 2.06. The minimum Gasteiger partial charge on any atom is -0.349 e. The van der Waals surface area contributed by atoms with Crippen LogP contribution in [0.1, 0.15) is 17.3 Å². The predicted octanol–water partition coefficient (Wildman–Crippen LogP) is 3.03. The summed E-state index contributed by atoms with van der Waals surface area (Å²) in [4.78, 5) is 11.2. The third kappa shape index (κ3) is 1.32. The number of benzene rings is 1. The topological polar surface area (TPSA) is 22.0 Å². The van der Waals surface area contributed by atoms with Crippen molar-refractivity contribution in [2.24, 2.45) is 7.05 Å². The van der Waals surface area contributed by atoms with Crippen LogP contribution in [0.15, 0.2) is 24.4 Å². The first kappa shape index (κ1) is 9.28. The molecule has 0 aliphatic heterocycles. The minimum absolute atomic E-state index is 0.0619. The zero-order valence-electron chi connectivity index (χ0n) is 8.04. The van der Waals surface area contributed by atoms with Gasteiger partial charge in [-0.15, -0.1) is 0 Å². The second kappa shape index (κ2) is 3.14. The number of carbonyl (C=O) groups is 1. The molecule has 2 nitrogen and oxygen atoms in total. The van der Waals surface area contributed by atoms with E-state index in [-0.39, 0.29) is 5.78 Å². The third-order valence-corrected chi connectivity index (χ3v) is 2.65. The Hall–Kier alpha value is -1.28. The molecule has 1 aromatic carbocycles. The summed E-state index contributed by atoms with van der Waals surface area (Å²) in [6.45, 7) is 1.55. The van der Waals surface area contributed by atoms with Crippen LogP contribution < -0.4 is 0 Å². The van der Waals surface area contributed by atoms with E-state index in [2.05, 4.69) is 0 Å². The number of nitrogens with zero attached hydrogens (tertiary/aromatic N) is 1. The molecule has 2 aromatic rings. The van der Waals surface area contributed by atoms with E-state index in [1.54, 1.807) is 6.92 Å². The molecule has 0 N–H and O–H groups in total. The summed E-state index contributed by atoms with van der Waals surface area (Å²) in [7, 11) is 1.93. The van der Waals surface area contributed by atoms with Crippen molar-refractivity contribution in [2.75, 3.05) is 0 Å². The lowest BCUT2D eigenvalue weighted by atomic mass is 10.1. The van der Waals surface area contributed by atoms with Crippen LogP contribution in [-0.4, -0.2) is 10.4 Å². The number of halogens is 1.